The minimum atomic E-state index is -0.189. The number of aryl methyl sites for hydroxylation is 2. The number of carbonyl (C=O) groups excluding carboxylic acids is 1. The summed E-state index contributed by atoms with van der Waals surface area (Å²) in [6, 6.07) is 11.6. The molecule has 0 atom stereocenters. The second-order valence-electron chi connectivity index (χ2n) is 8.08. The van der Waals surface area contributed by atoms with E-state index in [2.05, 4.69) is 26.6 Å². The van der Waals surface area contributed by atoms with Gasteiger partial charge in [-0.2, -0.15) is 10.2 Å². The van der Waals surface area contributed by atoms with E-state index in [0.717, 1.165) is 28.0 Å². The number of carbonyl (C=O) groups is 1. The number of benzene rings is 1. The van der Waals surface area contributed by atoms with Crippen LogP contribution in [0.25, 0.3) is 11.0 Å². The highest BCUT2D eigenvalue weighted by atomic mass is 35.5. The summed E-state index contributed by atoms with van der Waals surface area (Å²) in [5.74, 6) is 0.917. The van der Waals surface area contributed by atoms with E-state index in [9.17, 15) is 4.79 Å². The van der Waals surface area contributed by atoms with Gasteiger partial charge in [-0.05, 0) is 55.9 Å². The SMILES string of the molecule is Cc1nn(CC(=O)Nc2cc(C)n(Cc3ccccc3Cl)n2)c2nccc(C3CC3)c12. The van der Waals surface area contributed by atoms with Crippen LogP contribution in [0, 0.1) is 13.8 Å². The van der Waals surface area contributed by atoms with Gasteiger partial charge in [0.2, 0.25) is 5.91 Å². The molecule has 1 aliphatic carbocycles. The molecule has 8 heteroatoms. The largest absolute Gasteiger partial charge is 0.308 e. The van der Waals surface area contributed by atoms with Crippen LogP contribution in [0.3, 0.4) is 0 Å². The van der Waals surface area contributed by atoms with Gasteiger partial charge in [-0.25, -0.2) is 9.67 Å². The molecule has 0 bridgehead atoms. The smallest absolute Gasteiger partial charge is 0.247 e. The number of halogens is 1. The number of amides is 1. The molecular weight excluding hydrogens is 412 g/mol. The minimum Gasteiger partial charge on any atom is -0.308 e. The van der Waals surface area contributed by atoms with E-state index in [1.165, 1.54) is 18.4 Å². The number of nitrogens with one attached hydrogen (secondary N) is 1. The Morgan fingerprint density at radius 1 is 1.16 bits per heavy atom. The summed E-state index contributed by atoms with van der Waals surface area (Å²) in [6.07, 6.45) is 4.23. The van der Waals surface area contributed by atoms with E-state index in [1.54, 1.807) is 4.68 Å². The lowest BCUT2D eigenvalue weighted by Gasteiger charge is -2.06. The molecule has 1 aliphatic rings. The van der Waals surface area contributed by atoms with Crippen LogP contribution < -0.4 is 5.32 Å². The van der Waals surface area contributed by atoms with Crippen LogP contribution in [0.4, 0.5) is 5.82 Å². The van der Waals surface area contributed by atoms with Crippen molar-refractivity contribution in [2.75, 3.05) is 5.32 Å². The van der Waals surface area contributed by atoms with Crippen molar-refractivity contribution in [2.24, 2.45) is 0 Å². The van der Waals surface area contributed by atoms with Gasteiger partial charge in [-0.1, -0.05) is 29.8 Å². The molecule has 0 saturated heterocycles. The number of aromatic nitrogens is 5. The fraction of sp³-hybridized carbons (Fsp3) is 0.304. The molecule has 1 aromatic carbocycles. The third-order valence-electron chi connectivity index (χ3n) is 5.68. The highest BCUT2D eigenvalue weighted by Crippen LogP contribution is 2.43. The quantitative estimate of drug-likeness (QED) is 0.486. The van der Waals surface area contributed by atoms with Crippen LogP contribution in [0.5, 0.6) is 0 Å². The first-order valence-electron chi connectivity index (χ1n) is 10.4. The lowest BCUT2D eigenvalue weighted by Crippen LogP contribution is -2.20. The Kier molecular flexibility index (Phi) is 4.98. The average molecular weight is 435 g/mol. The molecule has 0 unspecified atom stereocenters. The Hall–Kier alpha value is -3.19. The number of nitrogens with zero attached hydrogens (tertiary/aromatic N) is 5. The maximum atomic E-state index is 12.7. The molecule has 1 amide bonds. The van der Waals surface area contributed by atoms with Gasteiger partial charge in [0.25, 0.3) is 0 Å². The highest BCUT2D eigenvalue weighted by molar-refractivity contribution is 6.31. The van der Waals surface area contributed by atoms with E-state index >= 15 is 0 Å². The van der Waals surface area contributed by atoms with Crippen molar-refractivity contribution >= 4 is 34.4 Å². The predicted molar refractivity (Wildman–Crippen MR) is 120 cm³/mol. The lowest BCUT2D eigenvalue weighted by molar-refractivity contribution is -0.116. The first kappa shape index (κ1) is 19.8. The van der Waals surface area contributed by atoms with Gasteiger partial charge < -0.3 is 5.32 Å². The van der Waals surface area contributed by atoms with Crippen molar-refractivity contribution in [3.05, 3.63) is 70.1 Å². The van der Waals surface area contributed by atoms with Crippen molar-refractivity contribution in [1.29, 1.82) is 0 Å². The number of anilines is 1. The van der Waals surface area contributed by atoms with Crippen LogP contribution in [0.15, 0.2) is 42.6 Å². The van der Waals surface area contributed by atoms with Gasteiger partial charge in [0, 0.05) is 28.4 Å². The van der Waals surface area contributed by atoms with Crippen LogP contribution in [-0.2, 0) is 17.9 Å². The number of fused-ring (bicyclic) bond motifs is 1. The molecule has 5 rings (SSSR count). The third-order valence-corrected chi connectivity index (χ3v) is 6.05. The Morgan fingerprint density at radius 2 is 1.97 bits per heavy atom. The molecule has 3 aromatic heterocycles. The zero-order chi connectivity index (χ0) is 21.5. The van der Waals surface area contributed by atoms with Gasteiger partial charge in [0.05, 0.1) is 12.2 Å². The summed E-state index contributed by atoms with van der Waals surface area (Å²) < 4.78 is 3.51. The molecule has 4 aromatic rings. The minimum absolute atomic E-state index is 0.0852. The van der Waals surface area contributed by atoms with E-state index in [4.69, 9.17) is 11.6 Å². The fourth-order valence-corrected chi connectivity index (χ4v) is 4.19. The Bertz CT molecular complexity index is 1290. The zero-order valence-corrected chi connectivity index (χ0v) is 18.2. The molecule has 3 heterocycles. The maximum Gasteiger partial charge on any atom is 0.247 e. The molecule has 0 spiro atoms. The molecule has 0 aliphatic heterocycles. The summed E-state index contributed by atoms with van der Waals surface area (Å²) >= 11 is 6.27. The van der Waals surface area contributed by atoms with Gasteiger partial charge >= 0.3 is 0 Å². The van der Waals surface area contributed by atoms with Gasteiger partial charge in [0.15, 0.2) is 11.5 Å². The van der Waals surface area contributed by atoms with Crippen molar-refractivity contribution in [2.45, 2.75) is 45.7 Å². The first-order chi connectivity index (χ1) is 15.0. The summed E-state index contributed by atoms with van der Waals surface area (Å²) in [5.41, 5.74) is 4.88. The Balaban J connectivity index is 1.33. The Morgan fingerprint density at radius 3 is 2.74 bits per heavy atom. The topological polar surface area (TPSA) is 77.6 Å². The van der Waals surface area contributed by atoms with E-state index in [-0.39, 0.29) is 12.5 Å². The number of hydrogen-bond acceptors (Lipinski definition) is 4. The molecule has 1 fully saturated rings. The third kappa shape index (κ3) is 3.93. The van der Waals surface area contributed by atoms with E-state index < -0.39 is 0 Å². The molecule has 31 heavy (non-hydrogen) atoms. The summed E-state index contributed by atoms with van der Waals surface area (Å²) in [4.78, 5) is 17.2. The van der Waals surface area contributed by atoms with Gasteiger partial charge in [-0.3, -0.25) is 9.48 Å². The van der Waals surface area contributed by atoms with Crippen molar-refractivity contribution in [3.63, 3.8) is 0 Å². The predicted octanol–water partition coefficient (Wildman–Crippen LogP) is 4.46. The molecule has 1 N–H and O–H groups in total. The highest BCUT2D eigenvalue weighted by Gasteiger charge is 2.27. The van der Waals surface area contributed by atoms with Crippen molar-refractivity contribution < 1.29 is 4.79 Å². The van der Waals surface area contributed by atoms with Crippen LogP contribution in [-0.4, -0.2) is 30.5 Å². The normalized spacial score (nSPS) is 13.6. The second kappa shape index (κ2) is 7.81. The fourth-order valence-electron chi connectivity index (χ4n) is 3.99. The van der Waals surface area contributed by atoms with Crippen LogP contribution >= 0.6 is 11.6 Å². The van der Waals surface area contributed by atoms with Crippen molar-refractivity contribution in [1.82, 2.24) is 24.5 Å². The Labute approximate surface area is 185 Å². The number of hydrogen-bond donors (Lipinski definition) is 1. The van der Waals surface area contributed by atoms with E-state index in [1.807, 2.05) is 55.1 Å². The lowest BCUT2D eigenvalue weighted by atomic mass is 10.1. The standard InChI is InChI=1S/C23H23ClN6O/c1-14-11-20(28-29(14)12-17-5-3-4-6-19(17)24)26-21(31)13-30-23-22(15(2)27-30)18(9-10-25-23)16-7-8-16/h3-6,9-11,16H,7-8,12-13H2,1-2H3,(H,26,28,31). The molecule has 7 nitrogen and oxygen atoms in total. The maximum absolute atomic E-state index is 12.7. The summed E-state index contributed by atoms with van der Waals surface area (Å²) in [6.45, 7) is 4.55. The summed E-state index contributed by atoms with van der Waals surface area (Å²) in [5, 5.41) is 13.8. The van der Waals surface area contributed by atoms with Gasteiger partial charge in [0.1, 0.15) is 6.54 Å². The monoisotopic (exact) mass is 434 g/mol. The van der Waals surface area contributed by atoms with Gasteiger partial charge in [-0.15, -0.1) is 0 Å². The summed E-state index contributed by atoms with van der Waals surface area (Å²) in [7, 11) is 0. The first-order valence-corrected chi connectivity index (χ1v) is 10.8. The van der Waals surface area contributed by atoms with E-state index in [0.29, 0.717) is 23.3 Å². The second-order valence-corrected chi connectivity index (χ2v) is 8.49. The van der Waals surface area contributed by atoms with Crippen LogP contribution in [0.2, 0.25) is 5.02 Å². The average Bonchev–Trinajstić information content (AvgIpc) is 3.47. The molecule has 1 saturated carbocycles. The van der Waals surface area contributed by atoms with Crippen LogP contribution in [0.1, 0.15) is 41.3 Å². The number of pyridine rings is 1. The molecule has 158 valence electrons. The van der Waals surface area contributed by atoms with Crippen molar-refractivity contribution in [3.8, 4) is 0 Å². The zero-order valence-electron chi connectivity index (χ0n) is 17.5. The molecule has 0 radical (unpaired) electrons. The molecular formula is C23H23ClN6O. The number of rotatable bonds is 6.